The van der Waals surface area contributed by atoms with Crippen LogP contribution >= 0.6 is 15.9 Å². The molecule has 0 aliphatic rings. The number of anilines is 1. The third-order valence-electron chi connectivity index (χ3n) is 2.97. The van der Waals surface area contributed by atoms with Gasteiger partial charge >= 0.3 is 0 Å². The Hall–Kier alpha value is -2.78. The standard InChI is InChI=1S/C18H15BrN2O3/c1-2-11-20-18(23)15-5-3-4-6-16(15)24-12-17(22)21-14-9-7-13(19)8-10-14/h1,3-10H,11-12H2,(H,20,23)(H,21,22). The van der Waals surface area contributed by atoms with Crippen LogP contribution in [0.25, 0.3) is 0 Å². The number of carbonyl (C=O) groups is 2. The minimum atomic E-state index is -0.350. The number of carbonyl (C=O) groups excluding carboxylic acids is 2. The number of para-hydroxylation sites is 1. The van der Waals surface area contributed by atoms with Gasteiger partial charge < -0.3 is 15.4 Å². The van der Waals surface area contributed by atoms with E-state index in [1.54, 1.807) is 36.4 Å². The lowest BCUT2D eigenvalue weighted by Gasteiger charge is -2.11. The van der Waals surface area contributed by atoms with Crippen LogP contribution in [0.5, 0.6) is 5.75 Å². The highest BCUT2D eigenvalue weighted by atomic mass is 79.9. The van der Waals surface area contributed by atoms with Crippen LogP contribution in [-0.2, 0) is 4.79 Å². The van der Waals surface area contributed by atoms with Gasteiger partial charge in [0.15, 0.2) is 6.61 Å². The molecule has 0 fully saturated rings. The molecular formula is C18H15BrN2O3. The Labute approximate surface area is 148 Å². The second-order valence-corrected chi connectivity index (χ2v) is 5.64. The lowest BCUT2D eigenvalue weighted by Crippen LogP contribution is -2.25. The molecule has 2 amide bonds. The molecule has 0 spiro atoms. The van der Waals surface area contributed by atoms with E-state index in [0.717, 1.165) is 4.47 Å². The molecule has 122 valence electrons. The fourth-order valence-electron chi connectivity index (χ4n) is 1.88. The number of nitrogens with one attached hydrogen (secondary N) is 2. The number of rotatable bonds is 6. The predicted octanol–water partition coefficient (Wildman–Crippen LogP) is 2.83. The van der Waals surface area contributed by atoms with Crippen molar-refractivity contribution in [3.63, 3.8) is 0 Å². The first-order valence-corrected chi connectivity index (χ1v) is 7.88. The molecule has 0 radical (unpaired) electrons. The zero-order valence-corrected chi connectivity index (χ0v) is 14.3. The first kappa shape index (κ1) is 17.6. The van der Waals surface area contributed by atoms with E-state index in [0.29, 0.717) is 17.0 Å². The summed E-state index contributed by atoms with van der Waals surface area (Å²) in [6.07, 6.45) is 5.12. The van der Waals surface area contributed by atoms with E-state index >= 15 is 0 Å². The molecule has 0 bridgehead atoms. The molecule has 5 nitrogen and oxygen atoms in total. The number of benzene rings is 2. The van der Waals surface area contributed by atoms with Crippen LogP contribution in [0.4, 0.5) is 5.69 Å². The van der Waals surface area contributed by atoms with Crippen LogP contribution in [0.2, 0.25) is 0 Å². The molecule has 6 heteroatoms. The Balaban J connectivity index is 1.96. The number of hydrogen-bond donors (Lipinski definition) is 2. The fourth-order valence-corrected chi connectivity index (χ4v) is 2.14. The van der Waals surface area contributed by atoms with Crippen molar-refractivity contribution in [2.45, 2.75) is 0 Å². The topological polar surface area (TPSA) is 67.4 Å². The molecule has 24 heavy (non-hydrogen) atoms. The summed E-state index contributed by atoms with van der Waals surface area (Å²) in [5, 5.41) is 5.27. The zero-order chi connectivity index (χ0) is 17.4. The van der Waals surface area contributed by atoms with Crippen molar-refractivity contribution in [2.75, 3.05) is 18.5 Å². The van der Waals surface area contributed by atoms with Gasteiger partial charge in [-0.2, -0.15) is 0 Å². The van der Waals surface area contributed by atoms with Gasteiger partial charge in [0.05, 0.1) is 12.1 Å². The quantitative estimate of drug-likeness (QED) is 0.750. The summed E-state index contributed by atoms with van der Waals surface area (Å²) in [6, 6.07) is 13.8. The van der Waals surface area contributed by atoms with E-state index in [9.17, 15) is 9.59 Å². The van der Waals surface area contributed by atoms with Crippen molar-refractivity contribution in [3.8, 4) is 18.1 Å². The van der Waals surface area contributed by atoms with Crippen molar-refractivity contribution in [1.82, 2.24) is 5.32 Å². The number of amides is 2. The summed E-state index contributed by atoms with van der Waals surface area (Å²) in [5.74, 6) is 1.97. The summed E-state index contributed by atoms with van der Waals surface area (Å²) in [7, 11) is 0. The Kier molecular flexibility index (Phi) is 6.41. The van der Waals surface area contributed by atoms with Crippen molar-refractivity contribution >= 4 is 33.4 Å². The van der Waals surface area contributed by atoms with Crippen molar-refractivity contribution in [3.05, 3.63) is 58.6 Å². The summed E-state index contributed by atoms with van der Waals surface area (Å²) in [6.45, 7) is -0.0906. The highest BCUT2D eigenvalue weighted by Crippen LogP contribution is 2.18. The van der Waals surface area contributed by atoms with Gasteiger partial charge in [-0.1, -0.05) is 34.0 Å². The molecule has 0 unspecified atom stereocenters. The monoisotopic (exact) mass is 386 g/mol. The number of halogens is 1. The Morgan fingerprint density at radius 3 is 2.54 bits per heavy atom. The van der Waals surface area contributed by atoms with Gasteiger partial charge in [-0.15, -0.1) is 6.42 Å². The smallest absolute Gasteiger partial charge is 0.262 e. The van der Waals surface area contributed by atoms with E-state index in [4.69, 9.17) is 11.2 Å². The molecule has 2 aromatic rings. The third-order valence-corrected chi connectivity index (χ3v) is 3.50. The Morgan fingerprint density at radius 1 is 1.12 bits per heavy atom. The van der Waals surface area contributed by atoms with Crippen LogP contribution < -0.4 is 15.4 Å². The van der Waals surface area contributed by atoms with E-state index in [2.05, 4.69) is 32.5 Å². The SMILES string of the molecule is C#CCNC(=O)c1ccccc1OCC(=O)Nc1ccc(Br)cc1. The van der Waals surface area contributed by atoms with Gasteiger partial charge in [-0.25, -0.2) is 0 Å². The fraction of sp³-hybridized carbons (Fsp3) is 0.111. The second-order valence-electron chi connectivity index (χ2n) is 4.73. The maximum absolute atomic E-state index is 12.0. The lowest BCUT2D eigenvalue weighted by atomic mass is 10.2. The zero-order valence-electron chi connectivity index (χ0n) is 12.7. The summed E-state index contributed by atoms with van der Waals surface area (Å²) in [5.41, 5.74) is 0.982. The maximum Gasteiger partial charge on any atom is 0.262 e. The third kappa shape index (κ3) is 5.14. The molecule has 0 atom stereocenters. The van der Waals surface area contributed by atoms with Crippen molar-refractivity contribution in [2.24, 2.45) is 0 Å². The Morgan fingerprint density at radius 2 is 1.83 bits per heavy atom. The van der Waals surface area contributed by atoms with E-state index in [1.165, 1.54) is 0 Å². The maximum atomic E-state index is 12.0. The van der Waals surface area contributed by atoms with Gasteiger partial charge in [-0.05, 0) is 36.4 Å². The average Bonchev–Trinajstić information content (AvgIpc) is 2.60. The number of terminal acetylenes is 1. The highest BCUT2D eigenvalue weighted by molar-refractivity contribution is 9.10. The minimum absolute atomic E-state index is 0.122. The number of ether oxygens (including phenoxy) is 1. The molecule has 0 saturated carbocycles. The van der Waals surface area contributed by atoms with Gasteiger partial charge in [-0.3, -0.25) is 9.59 Å². The summed E-state index contributed by atoms with van der Waals surface area (Å²) >= 11 is 3.32. The van der Waals surface area contributed by atoms with Gasteiger partial charge in [0.25, 0.3) is 11.8 Å². The van der Waals surface area contributed by atoms with Crippen molar-refractivity contribution < 1.29 is 14.3 Å². The normalized spacial score (nSPS) is 9.67. The van der Waals surface area contributed by atoms with E-state index < -0.39 is 0 Å². The molecule has 2 aromatic carbocycles. The molecule has 0 aliphatic carbocycles. The molecule has 0 aromatic heterocycles. The molecule has 0 aliphatic heterocycles. The van der Waals surface area contributed by atoms with Gasteiger partial charge in [0, 0.05) is 10.2 Å². The van der Waals surface area contributed by atoms with Gasteiger partial charge in [0.2, 0.25) is 0 Å². The first-order chi connectivity index (χ1) is 11.6. The molecule has 0 saturated heterocycles. The molecule has 2 N–H and O–H groups in total. The largest absolute Gasteiger partial charge is 0.483 e. The van der Waals surface area contributed by atoms with E-state index in [1.807, 2.05) is 12.1 Å². The second kappa shape index (κ2) is 8.75. The van der Waals surface area contributed by atoms with E-state index in [-0.39, 0.29) is 25.0 Å². The van der Waals surface area contributed by atoms with Gasteiger partial charge in [0.1, 0.15) is 5.75 Å². The van der Waals surface area contributed by atoms with Crippen LogP contribution in [0.15, 0.2) is 53.0 Å². The highest BCUT2D eigenvalue weighted by Gasteiger charge is 2.12. The predicted molar refractivity (Wildman–Crippen MR) is 95.9 cm³/mol. The molecule has 0 heterocycles. The van der Waals surface area contributed by atoms with Crippen LogP contribution in [0.1, 0.15) is 10.4 Å². The summed E-state index contributed by atoms with van der Waals surface area (Å²) < 4.78 is 6.38. The Bertz CT molecular complexity index is 767. The van der Waals surface area contributed by atoms with Crippen molar-refractivity contribution in [1.29, 1.82) is 0 Å². The average molecular weight is 387 g/mol. The first-order valence-electron chi connectivity index (χ1n) is 7.09. The van der Waals surface area contributed by atoms with Crippen LogP contribution in [0.3, 0.4) is 0 Å². The minimum Gasteiger partial charge on any atom is -0.483 e. The summed E-state index contributed by atoms with van der Waals surface area (Å²) in [4.78, 5) is 23.9. The van der Waals surface area contributed by atoms with Crippen LogP contribution in [-0.4, -0.2) is 25.0 Å². The molecular weight excluding hydrogens is 372 g/mol. The lowest BCUT2D eigenvalue weighted by molar-refractivity contribution is -0.118. The van der Waals surface area contributed by atoms with Crippen LogP contribution in [0, 0.1) is 12.3 Å². The number of hydrogen-bond acceptors (Lipinski definition) is 3. The molecule has 2 rings (SSSR count).